The first-order chi connectivity index (χ1) is 8.72. The van der Waals surface area contributed by atoms with Crippen LogP contribution in [-0.4, -0.2) is 25.6 Å². The molecular formula is C13H20BrClN2O2. The van der Waals surface area contributed by atoms with Gasteiger partial charge in [-0.05, 0) is 37.6 Å². The molecule has 108 valence electrons. The lowest BCUT2D eigenvalue weighted by molar-refractivity contribution is -0.121. The van der Waals surface area contributed by atoms with E-state index >= 15 is 0 Å². The zero-order valence-electron chi connectivity index (χ0n) is 10.7. The predicted octanol–water partition coefficient (Wildman–Crippen LogP) is 2.49. The van der Waals surface area contributed by atoms with Gasteiger partial charge in [-0.15, -0.1) is 12.4 Å². The van der Waals surface area contributed by atoms with Gasteiger partial charge in [0.05, 0.1) is 13.0 Å². The highest BCUT2D eigenvalue weighted by Gasteiger charge is 2.01. The van der Waals surface area contributed by atoms with Gasteiger partial charge in [0, 0.05) is 11.0 Å². The molecule has 1 aromatic rings. The zero-order chi connectivity index (χ0) is 13.2. The van der Waals surface area contributed by atoms with Crippen LogP contribution in [-0.2, 0) is 4.79 Å². The quantitative estimate of drug-likeness (QED) is 0.707. The zero-order valence-corrected chi connectivity index (χ0v) is 13.1. The smallest absolute Gasteiger partial charge is 0.223 e. The van der Waals surface area contributed by atoms with Gasteiger partial charge in [-0.1, -0.05) is 22.0 Å². The van der Waals surface area contributed by atoms with Crippen molar-refractivity contribution in [1.29, 1.82) is 0 Å². The largest absolute Gasteiger partial charge is 0.493 e. The standard InChI is InChI=1S/C13H19BrN2O2.ClH/c14-11-4-3-5-12(10-11)18-9-6-13(17)16-8-2-1-7-15;/h3-5,10H,1-2,6-9,15H2,(H,16,17);1H. The van der Waals surface area contributed by atoms with E-state index in [0.717, 1.165) is 23.1 Å². The van der Waals surface area contributed by atoms with E-state index in [-0.39, 0.29) is 18.3 Å². The number of hydrogen-bond acceptors (Lipinski definition) is 3. The number of unbranched alkanes of at least 4 members (excludes halogenated alkanes) is 1. The van der Waals surface area contributed by atoms with Crippen LogP contribution in [0.5, 0.6) is 5.75 Å². The Morgan fingerprint density at radius 1 is 1.37 bits per heavy atom. The number of hydrogen-bond donors (Lipinski definition) is 2. The first kappa shape index (κ1) is 18.2. The topological polar surface area (TPSA) is 64.3 Å². The van der Waals surface area contributed by atoms with Crippen molar-refractivity contribution in [2.24, 2.45) is 5.73 Å². The second-order valence-corrected chi connectivity index (χ2v) is 4.82. The Morgan fingerprint density at radius 2 is 2.16 bits per heavy atom. The van der Waals surface area contributed by atoms with E-state index in [9.17, 15) is 4.79 Å². The Balaban J connectivity index is 0.00000324. The number of halogens is 2. The monoisotopic (exact) mass is 350 g/mol. The van der Waals surface area contributed by atoms with Crippen LogP contribution < -0.4 is 15.8 Å². The molecule has 0 heterocycles. The Hall–Kier alpha value is -0.780. The molecule has 0 saturated carbocycles. The minimum atomic E-state index is 0. The summed E-state index contributed by atoms with van der Waals surface area (Å²) in [6.07, 6.45) is 2.23. The van der Waals surface area contributed by atoms with E-state index in [1.54, 1.807) is 0 Å². The molecule has 0 atom stereocenters. The van der Waals surface area contributed by atoms with Crippen LogP contribution in [0.25, 0.3) is 0 Å². The van der Waals surface area contributed by atoms with E-state index < -0.39 is 0 Å². The van der Waals surface area contributed by atoms with Crippen LogP contribution in [0.1, 0.15) is 19.3 Å². The second kappa shape index (κ2) is 11.1. The lowest BCUT2D eigenvalue weighted by Crippen LogP contribution is -2.26. The summed E-state index contributed by atoms with van der Waals surface area (Å²) < 4.78 is 6.44. The molecule has 0 aromatic heterocycles. The van der Waals surface area contributed by atoms with Crippen molar-refractivity contribution in [3.8, 4) is 5.75 Å². The highest BCUT2D eigenvalue weighted by Crippen LogP contribution is 2.17. The third-order valence-electron chi connectivity index (χ3n) is 2.35. The average Bonchev–Trinajstić information content (AvgIpc) is 2.35. The van der Waals surface area contributed by atoms with Gasteiger partial charge in [0.2, 0.25) is 5.91 Å². The Bertz CT molecular complexity index is 377. The summed E-state index contributed by atoms with van der Waals surface area (Å²) in [7, 11) is 0. The van der Waals surface area contributed by atoms with Crippen molar-refractivity contribution < 1.29 is 9.53 Å². The van der Waals surface area contributed by atoms with Crippen molar-refractivity contribution in [3.63, 3.8) is 0 Å². The number of ether oxygens (including phenoxy) is 1. The maximum Gasteiger partial charge on any atom is 0.223 e. The summed E-state index contributed by atoms with van der Waals surface area (Å²) in [6, 6.07) is 7.56. The molecular weight excluding hydrogens is 332 g/mol. The summed E-state index contributed by atoms with van der Waals surface area (Å²) in [5.74, 6) is 0.780. The van der Waals surface area contributed by atoms with Gasteiger partial charge in [-0.2, -0.15) is 0 Å². The van der Waals surface area contributed by atoms with Crippen LogP contribution in [0.2, 0.25) is 0 Å². The van der Waals surface area contributed by atoms with E-state index in [1.165, 1.54) is 0 Å². The highest BCUT2D eigenvalue weighted by atomic mass is 79.9. The molecule has 0 saturated heterocycles. The third kappa shape index (κ3) is 8.86. The molecule has 0 unspecified atom stereocenters. The van der Waals surface area contributed by atoms with Crippen molar-refractivity contribution >= 4 is 34.2 Å². The molecule has 3 N–H and O–H groups in total. The highest BCUT2D eigenvalue weighted by molar-refractivity contribution is 9.10. The Labute approximate surface area is 128 Å². The van der Waals surface area contributed by atoms with Gasteiger partial charge in [0.25, 0.3) is 0 Å². The molecule has 0 spiro atoms. The van der Waals surface area contributed by atoms with Crippen LogP contribution in [0, 0.1) is 0 Å². The van der Waals surface area contributed by atoms with Gasteiger partial charge in [-0.25, -0.2) is 0 Å². The van der Waals surface area contributed by atoms with Crippen molar-refractivity contribution in [2.75, 3.05) is 19.7 Å². The van der Waals surface area contributed by atoms with Gasteiger partial charge in [-0.3, -0.25) is 4.79 Å². The normalized spacial score (nSPS) is 9.58. The van der Waals surface area contributed by atoms with E-state index in [4.69, 9.17) is 10.5 Å². The van der Waals surface area contributed by atoms with Gasteiger partial charge in [0.15, 0.2) is 0 Å². The first-order valence-corrected chi connectivity index (χ1v) is 6.87. The van der Waals surface area contributed by atoms with Crippen LogP contribution in [0.15, 0.2) is 28.7 Å². The molecule has 0 radical (unpaired) electrons. The number of carbonyl (C=O) groups is 1. The number of carbonyl (C=O) groups excluding carboxylic acids is 1. The lowest BCUT2D eigenvalue weighted by atomic mass is 10.3. The summed E-state index contributed by atoms with van der Waals surface area (Å²) in [6.45, 7) is 1.74. The van der Waals surface area contributed by atoms with Gasteiger partial charge in [0.1, 0.15) is 5.75 Å². The molecule has 0 bridgehead atoms. The van der Waals surface area contributed by atoms with Crippen LogP contribution in [0.3, 0.4) is 0 Å². The van der Waals surface area contributed by atoms with Crippen molar-refractivity contribution in [2.45, 2.75) is 19.3 Å². The second-order valence-electron chi connectivity index (χ2n) is 3.90. The lowest BCUT2D eigenvalue weighted by Gasteiger charge is -2.07. The molecule has 0 aliphatic rings. The van der Waals surface area contributed by atoms with E-state index in [2.05, 4.69) is 21.2 Å². The number of amides is 1. The SMILES string of the molecule is Cl.NCCCCNC(=O)CCOc1cccc(Br)c1. The molecule has 19 heavy (non-hydrogen) atoms. The maximum absolute atomic E-state index is 11.4. The first-order valence-electron chi connectivity index (χ1n) is 6.07. The fraction of sp³-hybridized carbons (Fsp3) is 0.462. The number of rotatable bonds is 8. The molecule has 0 aliphatic carbocycles. The molecule has 0 fully saturated rings. The van der Waals surface area contributed by atoms with Gasteiger partial charge < -0.3 is 15.8 Å². The Morgan fingerprint density at radius 3 is 2.84 bits per heavy atom. The molecule has 4 nitrogen and oxygen atoms in total. The number of nitrogens with two attached hydrogens (primary N) is 1. The fourth-order valence-corrected chi connectivity index (χ4v) is 1.78. The summed E-state index contributed by atoms with van der Waals surface area (Å²) in [4.78, 5) is 11.4. The minimum Gasteiger partial charge on any atom is -0.493 e. The number of nitrogens with one attached hydrogen (secondary N) is 1. The third-order valence-corrected chi connectivity index (χ3v) is 2.84. The average molecular weight is 352 g/mol. The minimum absolute atomic E-state index is 0. The fourth-order valence-electron chi connectivity index (χ4n) is 1.40. The molecule has 1 aromatic carbocycles. The van der Waals surface area contributed by atoms with E-state index in [0.29, 0.717) is 26.1 Å². The summed E-state index contributed by atoms with van der Waals surface area (Å²) in [5, 5.41) is 2.83. The van der Waals surface area contributed by atoms with Gasteiger partial charge >= 0.3 is 0 Å². The molecule has 1 amide bonds. The summed E-state index contributed by atoms with van der Waals surface area (Å²) in [5.41, 5.74) is 5.37. The van der Waals surface area contributed by atoms with Crippen molar-refractivity contribution in [1.82, 2.24) is 5.32 Å². The number of benzene rings is 1. The maximum atomic E-state index is 11.4. The summed E-state index contributed by atoms with van der Waals surface area (Å²) >= 11 is 3.36. The molecule has 0 aliphatic heterocycles. The predicted molar refractivity (Wildman–Crippen MR) is 82.8 cm³/mol. The molecule has 6 heteroatoms. The van der Waals surface area contributed by atoms with E-state index in [1.807, 2.05) is 24.3 Å². The van der Waals surface area contributed by atoms with Crippen LogP contribution >= 0.6 is 28.3 Å². The molecule has 1 rings (SSSR count). The Kier molecular flexibility index (Phi) is 10.6. The van der Waals surface area contributed by atoms with Crippen LogP contribution in [0.4, 0.5) is 0 Å². The van der Waals surface area contributed by atoms with Crippen molar-refractivity contribution in [3.05, 3.63) is 28.7 Å².